The lowest BCUT2D eigenvalue weighted by atomic mass is 9.99. The van der Waals surface area contributed by atoms with Crippen molar-refractivity contribution < 1.29 is 9.32 Å². The van der Waals surface area contributed by atoms with Crippen LogP contribution in [0.2, 0.25) is 0 Å². The molecule has 160 valence electrons. The van der Waals surface area contributed by atoms with E-state index in [2.05, 4.69) is 44.8 Å². The van der Waals surface area contributed by atoms with Gasteiger partial charge < -0.3 is 20.5 Å². The van der Waals surface area contributed by atoms with Gasteiger partial charge in [0.2, 0.25) is 5.91 Å². The third-order valence-corrected chi connectivity index (χ3v) is 5.21. The highest BCUT2D eigenvalue weighted by Crippen LogP contribution is 2.22. The number of amides is 1. The van der Waals surface area contributed by atoms with Crippen LogP contribution in [0.25, 0.3) is 0 Å². The van der Waals surface area contributed by atoms with Gasteiger partial charge in [0.15, 0.2) is 11.7 Å². The Morgan fingerprint density at radius 2 is 2.04 bits per heavy atom. The first-order valence-corrected chi connectivity index (χ1v) is 9.95. The number of piperidine rings is 1. The molecule has 28 heavy (non-hydrogen) atoms. The Kier molecular flexibility index (Phi) is 11.4. The molecule has 9 heteroatoms. The van der Waals surface area contributed by atoms with Crippen molar-refractivity contribution in [3.8, 4) is 0 Å². The van der Waals surface area contributed by atoms with Crippen molar-refractivity contribution in [2.24, 2.45) is 4.99 Å². The monoisotopic (exact) mass is 506 g/mol. The van der Waals surface area contributed by atoms with E-state index in [-0.39, 0.29) is 29.9 Å². The predicted molar refractivity (Wildman–Crippen MR) is 122 cm³/mol. The normalized spacial score (nSPS) is 16.0. The zero-order valence-electron chi connectivity index (χ0n) is 17.5. The lowest BCUT2D eigenvalue weighted by Crippen LogP contribution is -2.49. The van der Waals surface area contributed by atoms with Crippen LogP contribution < -0.4 is 16.0 Å². The molecule has 0 spiro atoms. The van der Waals surface area contributed by atoms with Gasteiger partial charge in [-0.2, -0.15) is 0 Å². The van der Waals surface area contributed by atoms with Crippen molar-refractivity contribution in [3.63, 3.8) is 0 Å². The summed E-state index contributed by atoms with van der Waals surface area (Å²) in [4.78, 5) is 18.0. The second-order valence-electron chi connectivity index (χ2n) is 7.03. The highest BCUT2D eigenvalue weighted by Gasteiger charge is 2.21. The summed E-state index contributed by atoms with van der Waals surface area (Å²) in [5.41, 5.74) is 1.03. The van der Waals surface area contributed by atoms with Gasteiger partial charge in [-0.15, -0.1) is 24.0 Å². The lowest BCUT2D eigenvalue weighted by Gasteiger charge is -2.32. The van der Waals surface area contributed by atoms with Crippen LogP contribution in [0.3, 0.4) is 0 Å². The molecule has 0 atom stereocenters. The third kappa shape index (κ3) is 7.57. The Bertz CT molecular complexity index is 609. The Balaban J connectivity index is 0.00000392. The first-order chi connectivity index (χ1) is 13.1. The molecule has 0 radical (unpaired) electrons. The molecule has 0 unspecified atom stereocenters. The number of aliphatic imine (C=N–C) groups is 1. The fraction of sp³-hybridized carbons (Fsp3) is 0.737. The van der Waals surface area contributed by atoms with Crippen LogP contribution in [0, 0.1) is 0 Å². The summed E-state index contributed by atoms with van der Waals surface area (Å²) in [7, 11) is 3.44. The number of likely N-dealkylation sites (tertiary alicyclic amines) is 1. The Morgan fingerprint density at radius 1 is 1.36 bits per heavy atom. The van der Waals surface area contributed by atoms with Gasteiger partial charge in [-0.05, 0) is 25.7 Å². The van der Waals surface area contributed by atoms with Gasteiger partial charge in [0.05, 0.1) is 18.8 Å². The van der Waals surface area contributed by atoms with Gasteiger partial charge in [0.1, 0.15) is 0 Å². The van der Waals surface area contributed by atoms with Crippen molar-refractivity contribution in [1.82, 2.24) is 26.0 Å². The van der Waals surface area contributed by atoms with Gasteiger partial charge in [-0.3, -0.25) is 14.7 Å². The standard InChI is InChI=1S/C19H34N6O2.HI/c1-5-14(6-2)17-11-16(27-24-17)12-22-19(21-4)23-15-7-9-25(10-8-15)13-18(26)20-3;/h11,14-15H,5-10,12-13H2,1-4H3,(H,20,26)(H2,21,22,23);1H. The average molecular weight is 506 g/mol. The molecule has 1 fully saturated rings. The number of nitrogens with one attached hydrogen (secondary N) is 3. The van der Waals surface area contributed by atoms with Crippen LogP contribution in [-0.4, -0.2) is 61.7 Å². The maximum Gasteiger partial charge on any atom is 0.233 e. The topological polar surface area (TPSA) is 94.8 Å². The summed E-state index contributed by atoms with van der Waals surface area (Å²) < 4.78 is 5.46. The fourth-order valence-electron chi connectivity index (χ4n) is 3.39. The molecular weight excluding hydrogens is 471 g/mol. The van der Waals surface area contributed by atoms with E-state index >= 15 is 0 Å². The van der Waals surface area contributed by atoms with Crippen molar-refractivity contribution >= 4 is 35.8 Å². The molecule has 1 amide bonds. The summed E-state index contributed by atoms with van der Waals surface area (Å²) in [5.74, 6) is 2.11. The molecule has 0 saturated carbocycles. The molecule has 1 saturated heterocycles. The Labute approximate surface area is 185 Å². The number of nitrogens with zero attached hydrogens (tertiary/aromatic N) is 3. The number of guanidine groups is 1. The second-order valence-corrected chi connectivity index (χ2v) is 7.03. The van der Waals surface area contributed by atoms with Crippen LogP contribution in [0.4, 0.5) is 0 Å². The minimum Gasteiger partial charge on any atom is -0.359 e. The van der Waals surface area contributed by atoms with E-state index in [1.54, 1.807) is 14.1 Å². The number of rotatable bonds is 8. The number of likely N-dealkylation sites (N-methyl/N-ethyl adjacent to an activating group) is 1. The number of aromatic nitrogens is 1. The molecule has 0 bridgehead atoms. The maximum absolute atomic E-state index is 11.5. The van der Waals surface area contributed by atoms with Gasteiger partial charge in [-0.1, -0.05) is 19.0 Å². The quantitative estimate of drug-likeness (QED) is 0.284. The highest BCUT2D eigenvalue weighted by atomic mass is 127. The minimum absolute atomic E-state index is 0. The predicted octanol–water partition coefficient (Wildman–Crippen LogP) is 2.07. The van der Waals surface area contributed by atoms with Crippen molar-refractivity contribution in [1.29, 1.82) is 0 Å². The van der Waals surface area contributed by atoms with Gasteiger partial charge in [-0.25, -0.2) is 0 Å². The van der Waals surface area contributed by atoms with Gasteiger partial charge in [0, 0.05) is 45.2 Å². The molecule has 1 aromatic rings. The van der Waals surface area contributed by atoms with Gasteiger partial charge in [0.25, 0.3) is 0 Å². The van der Waals surface area contributed by atoms with E-state index in [1.807, 2.05) is 6.07 Å². The van der Waals surface area contributed by atoms with Crippen LogP contribution in [-0.2, 0) is 11.3 Å². The maximum atomic E-state index is 11.5. The van der Waals surface area contributed by atoms with Crippen LogP contribution in [0.5, 0.6) is 0 Å². The van der Waals surface area contributed by atoms with Crippen LogP contribution in [0.15, 0.2) is 15.6 Å². The van der Waals surface area contributed by atoms with E-state index in [0.29, 0.717) is 25.0 Å². The lowest BCUT2D eigenvalue weighted by molar-refractivity contribution is -0.122. The number of halogens is 1. The van der Waals surface area contributed by atoms with E-state index in [4.69, 9.17) is 4.52 Å². The first-order valence-electron chi connectivity index (χ1n) is 9.95. The summed E-state index contributed by atoms with van der Waals surface area (Å²) in [5, 5.41) is 13.6. The molecule has 2 rings (SSSR count). The fourth-order valence-corrected chi connectivity index (χ4v) is 3.39. The van der Waals surface area contributed by atoms with E-state index < -0.39 is 0 Å². The zero-order chi connectivity index (χ0) is 19.6. The zero-order valence-corrected chi connectivity index (χ0v) is 19.8. The molecule has 1 aromatic heterocycles. The number of carbonyl (C=O) groups excluding carboxylic acids is 1. The minimum atomic E-state index is 0. The summed E-state index contributed by atoms with van der Waals surface area (Å²) in [6.45, 7) is 7.19. The summed E-state index contributed by atoms with van der Waals surface area (Å²) >= 11 is 0. The van der Waals surface area contributed by atoms with Gasteiger partial charge >= 0.3 is 0 Å². The largest absolute Gasteiger partial charge is 0.359 e. The van der Waals surface area contributed by atoms with Crippen molar-refractivity contribution in [2.75, 3.05) is 33.7 Å². The molecular formula is C19H35IN6O2. The molecule has 3 N–H and O–H groups in total. The smallest absolute Gasteiger partial charge is 0.233 e. The summed E-state index contributed by atoms with van der Waals surface area (Å²) in [6.07, 6.45) is 4.10. The average Bonchev–Trinajstić information content (AvgIpc) is 3.16. The van der Waals surface area contributed by atoms with E-state index in [0.717, 1.165) is 56.2 Å². The number of hydrogen-bond acceptors (Lipinski definition) is 5. The number of carbonyl (C=O) groups is 1. The van der Waals surface area contributed by atoms with Crippen LogP contribution in [0.1, 0.15) is 56.9 Å². The van der Waals surface area contributed by atoms with Crippen LogP contribution >= 0.6 is 24.0 Å². The summed E-state index contributed by atoms with van der Waals surface area (Å²) in [6, 6.07) is 2.39. The number of hydrogen-bond donors (Lipinski definition) is 3. The SMILES string of the molecule is CCC(CC)c1cc(CNC(=NC)NC2CCN(CC(=O)NC)CC2)on1.I. The van der Waals surface area contributed by atoms with E-state index in [9.17, 15) is 4.79 Å². The Morgan fingerprint density at radius 3 is 2.61 bits per heavy atom. The Hall–Kier alpha value is -1.36. The van der Waals surface area contributed by atoms with Crippen molar-refractivity contribution in [2.45, 2.75) is 58.0 Å². The molecule has 1 aliphatic rings. The molecule has 0 aromatic carbocycles. The third-order valence-electron chi connectivity index (χ3n) is 5.21. The first kappa shape index (κ1) is 24.7. The molecule has 1 aliphatic heterocycles. The molecule has 2 heterocycles. The molecule has 8 nitrogen and oxygen atoms in total. The molecule has 0 aliphatic carbocycles. The van der Waals surface area contributed by atoms with Crippen molar-refractivity contribution in [3.05, 3.63) is 17.5 Å². The highest BCUT2D eigenvalue weighted by molar-refractivity contribution is 14.0. The second kappa shape index (κ2) is 13.0. The van der Waals surface area contributed by atoms with E-state index in [1.165, 1.54) is 0 Å².